The van der Waals surface area contributed by atoms with Gasteiger partial charge in [0.2, 0.25) is 5.95 Å². The van der Waals surface area contributed by atoms with E-state index in [1.807, 2.05) is 17.9 Å². The summed E-state index contributed by atoms with van der Waals surface area (Å²) in [5, 5.41) is 23.3. The second kappa shape index (κ2) is 13.2. The standard InChI is InChI=1S/C26H40ClN7O2/c1-34-23(15-18-7-8-18)21(16-31-34)24-22(27)17-30-25(33-24)32-20-11-9-19(10-12-20)28-13-5-3-2-4-6-14-29-26(35)36/h16-20,28-29H,2-15H2,1H3,(H,35,36)(H,30,32,33). The monoisotopic (exact) mass is 517 g/mol. The minimum Gasteiger partial charge on any atom is -0.465 e. The van der Waals surface area contributed by atoms with Gasteiger partial charge in [0, 0.05) is 36.9 Å². The first-order valence-corrected chi connectivity index (χ1v) is 13.9. The normalized spacial score (nSPS) is 19.8. The molecular formula is C26H40ClN7O2. The van der Waals surface area contributed by atoms with Crippen LogP contribution in [0.15, 0.2) is 12.4 Å². The highest BCUT2D eigenvalue weighted by atomic mass is 35.5. The maximum absolute atomic E-state index is 10.4. The third-order valence-electron chi connectivity index (χ3n) is 7.36. The van der Waals surface area contributed by atoms with Crippen LogP contribution in [0.1, 0.15) is 76.3 Å². The Balaban J connectivity index is 1.17. The zero-order valence-electron chi connectivity index (χ0n) is 21.3. The Labute approximate surface area is 218 Å². The van der Waals surface area contributed by atoms with Crippen molar-refractivity contribution >= 4 is 23.6 Å². The Hall–Kier alpha value is -2.39. The lowest BCUT2D eigenvalue weighted by Gasteiger charge is -2.30. The Morgan fingerprint density at radius 3 is 2.44 bits per heavy atom. The molecule has 9 nitrogen and oxygen atoms in total. The number of unbranched alkanes of at least 4 members (excludes halogenated alkanes) is 4. The fraction of sp³-hybridized carbons (Fsp3) is 0.692. The number of carboxylic acid groups (broad SMARTS) is 1. The van der Waals surface area contributed by atoms with Crippen LogP contribution >= 0.6 is 11.6 Å². The van der Waals surface area contributed by atoms with Gasteiger partial charge in [0.05, 0.1) is 23.1 Å². The van der Waals surface area contributed by atoms with E-state index in [9.17, 15) is 4.79 Å². The molecule has 2 heterocycles. The first kappa shape index (κ1) is 26.7. The maximum Gasteiger partial charge on any atom is 0.404 e. The van der Waals surface area contributed by atoms with Gasteiger partial charge in [-0.2, -0.15) is 5.10 Å². The van der Waals surface area contributed by atoms with Crippen molar-refractivity contribution in [2.45, 2.75) is 89.1 Å². The molecule has 0 radical (unpaired) electrons. The molecule has 4 rings (SSSR count). The number of nitrogens with zero attached hydrogens (tertiary/aromatic N) is 4. The molecule has 0 atom stereocenters. The Bertz CT molecular complexity index is 987. The van der Waals surface area contributed by atoms with E-state index < -0.39 is 6.09 Å². The van der Waals surface area contributed by atoms with Crippen molar-refractivity contribution in [1.29, 1.82) is 0 Å². The molecule has 2 fully saturated rings. The average Bonchev–Trinajstić information content (AvgIpc) is 3.62. The minimum absolute atomic E-state index is 0.372. The number of nitrogens with one attached hydrogen (secondary N) is 3. The van der Waals surface area contributed by atoms with Gasteiger partial charge in [0.15, 0.2) is 0 Å². The van der Waals surface area contributed by atoms with Crippen molar-refractivity contribution in [3.8, 4) is 11.3 Å². The van der Waals surface area contributed by atoms with E-state index in [1.165, 1.54) is 31.4 Å². The predicted octanol–water partition coefficient (Wildman–Crippen LogP) is 5.01. The summed E-state index contributed by atoms with van der Waals surface area (Å²) in [6, 6.07) is 0.946. The maximum atomic E-state index is 10.4. The van der Waals surface area contributed by atoms with Gasteiger partial charge in [0.25, 0.3) is 0 Å². The summed E-state index contributed by atoms with van der Waals surface area (Å²) in [5.41, 5.74) is 2.99. The summed E-state index contributed by atoms with van der Waals surface area (Å²) in [6.45, 7) is 1.60. The van der Waals surface area contributed by atoms with Crippen LogP contribution in [-0.4, -0.2) is 56.1 Å². The van der Waals surface area contributed by atoms with Crippen LogP contribution in [0.2, 0.25) is 5.02 Å². The van der Waals surface area contributed by atoms with E-state index in [4.69, 9.17) is 21.7 Å². The second-order valence-corrected chi connectivity index (χ2v) is 10.7. The minimum atomic E-state index is -0.933. The number of halogens is 1. The summed E-state index contributed by atoms with van der Waals surface area (Å²) in [7, 11) is 1.99. The van der Waals surface area contributed by atoms with Crippen LogP contribution in [-0.2, 0) is 13.5 Å². The zero-order valence-corrected chi connectivity index (χ0v) is 22.1. The van der Waals surface area contributed by atoms with Gasteiger partial charge in [0.1, 0.15) is 0 Å². The van der Waals surface area contributed by atoms with Crippen LogP contribution in [0.4, 0.5) is 10.7 Å². The lowest BCUT2D eigenvalue weighted by Crippen LogP contribution is -2.37. The van der Waals surface area contributed by atoms with E-state index in [0.717, 1.165) is 75.1 Å². The lowest BCUT2D eigenvalue weighted by molar-refractivity contribution is 0.194. The summed E-state index contributed by atoms with van der Waals surface area (Å²) in [5.74, 6) is 1.40. The number of anilines is 1. The quantitative estimate of drug-likeness (QED) is 0.260. The highest BCUT2D eigenvalue weighted by Crippen LogP contribution is 2.37. The molecule has 0 spiro atoms. The van der Waals surface area contributed by atoms with Gasteiger partial charge >= 0.3 is 6.09 Å². The third-order valence-corrected chi connectivity index (χ3v) is 7.64. The van der Waals surface area contributed by atoms with E-state index in [2.05, 4.69) is 26.0 Å². The van der Waals surface area contributed by atoms with E-state index in [-0.39, 0.29) is 0 Å². The summed E-state index contributed by atoms with van der Waals surface area (Å²) >= 11 is 6.52. The summed E-state index contributed by atoms with van der Waals surface area (Å²) in [6.07, 6.45) is 16.2. The highest BCUT2D eigenvalue weighted by Gasteiger charge is 2.26. The first-order chi connectivity index (χ1) is 17.5. The Morgan fingerprint density at radius 2 is 1.72 bits per heavy atom. The molecule has 0 saturated heterocycles. The van der Waals surface area contributed by atoms with Crippen LogP contribution < -0.4 is 16.0 Å². The number of hydrogen-bond acceptors (Lipinski definition) is 6. The number of amides is 1. The molecule has 2 aromatic rings. The lowest BCUT2D eigenvalue weighted by atomic mass is 9.91. The van der Waals surface area contributed by atoms with Gasteiger partial charge in [-0.1, -0.05) is 30.9 Å². The molecule has 0 bridgehead atoms. The molecule has 0 aromatic carbocycles. The fourth-order valence-corrected chi connectivity index (χ4v) is 5.22. The van der Waals surface area contributed by atoms with Gasteiger partial charge in [-0.05, 0) is 70.3 Å². The Kier molecular flexibility index (Phi) is 9.81. The molecule has 1 amide bonds. The molecule has 2 saturated carbocycles. The van der Waals surface area contributed by atoms with Crippen molar-refractivity contribution in [2.75, 3.05) is 18.4 Å². The zero-order chi connectivity index (χ0) is 25.3. The van der Waals surface area contributed by atoms with E-state index in [1.54, 1.807) is 6.20 Å². The fourth-order valence-electron chi connectivity index (χ4n) is 5.03. The Morgan fingerprint density at radius 1 is 1.03 bits per heavy atom. The highest BCUT2D eigenvalue weighted by molar-refractivity contribution is 6.32. The number of hydrogen-bond donors (Lipinski definition) is 4. The van der Waals surface area contributed by atoms with Crippen LogP contribution in [0.5, 0.6) is 0 Å². The van der Waals surface area contributed by atoms with Crippen LogP contribution in [0.3, 0.4) is 0 Å². The molecule has 0 unspecified atom stereocenters. The average molecular weight is 518 g/mol. The van der Waals surface area contributed by atoms with Crippen molar-refractivity contribution < 1.29 is 9.90 Å². The molecule has 2 aliphatic rings. The van der Waals surface area contributed by atoms with Gasteiger partial charge in [-0.3, -0.25) is 4.68 Å². The molecule has 2 aliphatic carbocycles. The molecule has 10 heteroatoms. The van der Waals surface area contributed by atoms with Crippen molar-refractivity contribution in [1.82, 2.24) is 30.4 Å². The smallest absolute Gasteiger partial charge is 0.404 e. The largest absolute Gasteiger partial charge is 0.465 e. The summed E-state index contributed by atoms with van der Waals surface area (Å²) in [4.78, 5) is 19.7. The van der Waals surface area contributed by atoms with Gasteiger partial charge < -0.3 is 21.1 Å². The number of rotatable bonds is 14. The first-order valence-electron chi connectivity index (χ1n) is 13.5. The van der Waals surface area contributed by atoms with Crippen LogP contribution in [0.25, 0.3) is 11.3 Å². The van der Waals surface area contributed by atoms with Crippen molar-refractivity contribution in [3.05, 3.63) is 23.1 Å². The van der Waals surface area contributed by atoms with Gasteiger partial charge in [-0.25, -0.2) is 14.8 Å². The van der Waals surface area contributed by atoms with E-state index >= 15 is 0 Å². The molecular weight excluding hydrogens is 478 g/mol. The van der Waals surface area contributed by atoms with Crippen LogP contribution in [0, 0.1) is 5.92 Å². The SMILES string of the molecule is Cn1ncc(-c2nc(NC3CCC(NCCCCCCCNC(=O)O)CC3)ncc2Cl)c1CC1CC1. The van der Waals surface area contributed by atoms with Crippen molar-refractivity contribution in [2.24, 2.45) is 13.0 Å². The van der Waals surface area contributed by atoms with Gasteiger partial charge in [-0.15, -0.1) is 0 Å². The molecule has 198 valence electrons. The molecule has 36 heavy (non-hydrogen) atoms. The topological polar surface area (TPSA) is 117 Å². The molecule has 0 aliphatic heterocycles. The third kappa shape index (κ3) is 8.06. The predicted molar refractivity (Wildman–Crippen MR) is 142 cm³/mol. The molecule has 2 aromatic heterocycles. The summed E-state index contributed by atoms with van der Waals surface area (Å²) < 4.78 is 1.95. The second-order valence-electron chi connectivity index (χ2n) is 10.3. The molecule has 4 N–H and O–H groups in total. The van der Waals surface area contributed by atoms with Crippen molar-refractivity contribution in [3.63, 3.8) is 0 Å². The number of aromatic nitrogens is 4. The van der Waals surface area contributed by atoms with E-state index in [0.29, 0.717) is 29.6 Å². The number of aryl methyl sites for hydroxylation is 1. The number of carbonyl (C=O) groups is 1.